The smallest absolute Gasteiger partial charge is 0.238 e. The average Bonchev–Trinajstić information content (AvgIpc) is 3.67. The Morgan fingerprint density at radius 1 is 0.314 bits per heavy atom. The highest BCUT2D eigenvalue weighted by atomic mass is 15.3. The Balaban J connectivity index is 1.29. The summed E-state index contributed by atoms with van der Waals surface area (Å²) in [6.07, 6.45) is 0. The molecule has 0 radical (unpaired) electrons. The number of benzene rings is 7. The molecule has 0 bridgehead atoms. The van der Waals surface area contributed by atoms with Gasteiger partial charge in [-0.1, -0.05) is 133 Å². The Labute approximate surface area is 293 Å². The minimum absolute atomic E-state index is 0.596. The van der Waals surface area contributed by atoms with E-state index < -0.39 is 0 Å². The van der Waals surface area contributed by atoms with Gasteiger partial charge in [0.25, 0.3) is 0 Å². The maximum Gasteiger partial charge on any atom is 0.238 e. The quantitative estimate of drug-likeness (QED) is 0.191. The molecule has 7 aromatic carbocycles. The molecule has 0 amide bonds. The third kappa shape index (κ3) is 4.03. The lowest BCUT2D eigenvalue weighted by atomic mass is 9.95. The third-order valence-electron chi connectivity index (χ3n) is 10.3. The van der Waals surface area contributed by atoms with Crippen LogP contribution in [0.5, 0.6) is 0 Å². The number of rotatable bonds is 3. The molecule has 0 atom stereocenters. The van der Waals surface area contributed by atoms with Crippen LogP contribution >= 0.6 is 0 Å². The van der Waals surface area contributed by atoms with E-state index in [9.17, 15) is 0 Å². The fraction of sp³-hybridized carbons (Fsp3) is 0. The van der Waals surface area contributed by atoms with Gasteiger partial charge in [0.15, 0.2) is 0 Å². The fourth-order valence-corrected chi connectivity index (χ4v) is 8.17. The molecule has 1 aliphatic rings. The van der Waals surface area contributed by atoms with Crippen LogP contribution in [0, 0.1) is 0 Å². The normalized spacial score (nSPS) is 12.3. The van der Waals surface area contributed by atoms with Crippen LogP contribution in [0.15, 0.2) is 176 Å². The second kappa shape index (κ2) is 10.8. The van der Waals surface area contributed by atoms with Gasteiger partial charge in [0.1, 0.15) is 11.6 Å². The van der Waals surface area contributed by atoms with Crippen LogP contribution in [0.2, 0.25) is 0 Å². The van der Waals surface area contributed by atoms with Crippen LogP contribution in [-0.4, -0.2) is 19.1 Å². The highest BCUT2D eigenvalue weighted by Gasteiger charge is 2.29. The van der Waals surface area contributed by atoms with Gasteiger partial charge in [-0.25, -0.2) is 0 Å². The summed E-state index contributed by atoms with van der Waals surface area (Å²) in [4.78, 5) is 13.3. The predicted octanol–water partition coefficient (Wildman–Crippen LogP) is 11.8. The number of para-hydroxylation sites is 6. The monoisotopic (exact) mass is 651 g/mol. The maximum absolute atomic E-state index is 5.54. The standard InChI is InChI=1S/C46H29N5/c1-2-16-31-30(15-1)32-17-3-13-27-42(32)51(43-28-14-4-18-33(31)43)46-47-44(49-38-23-9-5-19-34(38)35-20-6-10-24-39(35)49)29-45(48-46)50-40-25-11-7-21-36(40)37-22-8-12-26-41(37)50/h1-29H. The Hall–Kier alpha value is -6.98. The van der Waals surface area contributed by atoms with Gasteiger partial charge in [0.05, 0.1) is 33.4 Å². The number of anilines is 3. The van der Waals surface area contributed by atoms with Crippen molar-refractivity contribution in [3.05, 3.63) is 176 Å². The second-order valence-corrected chi connectivity index (χ2v) is 13.0. The molecule has 3 aromatic heterocycles. The molecule has 4 heterocycles. The lowest BCUT2D eigenvalue weighted by Gasteiger charge is -2.26. The number of aromatic nitrogens is 4. The van der Waals surface area contributed by atoms with Gasteiger partial charge >= 0.3 is 0 Å². The van der Waals surface area contributed by atoms with Crippen molar-refractivity contribution in [3.63, 3.8) is 0 Å². The third-order valence-corrected chi connectivity index (χ3v) is 10.3. The lowest BCUT2D eigenvalue weighted by molar-refractivity contribution is 0.968. The molecule has 51 heavy (non-hydrogen) atoms. The summed E-state index contributed by atoms with van der Waals surface area (Å²) < 4.78 is 4.58. The molecule has 0 N–H and O–H groups in total. The van der Waals surface area contributed by atoms with Crippen molar-refractivity contribution in [1.82, 2.24) is 19.1 Å². The van der Waals surface area contributed by atoms with E-state index in [1.54, 1.807) is 0 Å². The molecule has 0 fully saturated rings. The first-order valence-electron chi connectivity index (χ1n) is 17.3. The maximum atomic E-state index is 5.54. The first kappa shape index (κ1) is 27.9. The lowest BCUT2D eigenvalue weighted by Crippen LogP contribution is -2.17. The summed E-state index contributed by atoms with van der Waals surface area (Å²) in [5.74, 6) is 2.19. The minimum Gasteiger partial charge on any atom is -0.294 e. The van der Waals surface area contributed by atoms with Gasteiger partial charge in [-0.2, -0.15) is 9.97 Å². The summed E-state index contributed by atoms with van der Waals surface area (Å²) in [6.45, 7) is 0. The van der Waals surface area contributed by atoms with Crippen molar-refractivity contribution < 1.29 is 0 Å². The minimum atomic E-state index is 0.596. The second-order valence-electron chi connectivity index (χ2n) is 13.0. The van der Waals surface area contributed by atoms with Crippen molar-refractivity contribution in [2.75, 3.05) is 4.90 Å². The van der Waals surface area contributed by atoms with Crippen LogP contribution in [-0.2, 0) is 0 Å². The molecule has 10 aromatic rings. The molecule has 0 unspecified atom stereocenters. The zero-order valence-corrected chi connectivity index (χ0v) is 27.5. The summed E-state index contributed by atoms with van der Waals surface area (Å²) in [6, 6.07) is 62.4. The molecule has 0 saturated heterocycles. The Bertz CT molecular complexity index is 2700. The fourth-order valence-electron chi connectivity index (χ4n) is 8.17. The van der Waals surface area contributed by atoms with E-state index in [-0.39, 0.29) is 0 Å². The summed E-state index contributed by atoms with van der Waals surface area (Å²) in [7, 11) is 0. The van der Waals surface area contributed by atoms with Gasteiger partial charge in [-0.15, -0.1) is 0 Å². The zero-order chi connectivity index (χ0) is 33.5. The van der Waals surface area contributed by atoms with Gasteiger partial charge in [-0.3, -0.25) is 14.0 Å². The van der Waals surface area contributed by atoms with Gasteiger partial charge in [-0.05, 0) is 47.5 Å². The van der Waals surface area contributed by atoms with Crippen molar-refractivity contribution in [1.29, 1.82) is 0 Å². The molecule has 0 spiro atoms. The summed E-state index contributed by atoms with van der Waals surface area (Å²) >= 11 is 0. The van der Waals surface area contributed by atoms with Crippen LogP contribution < -0.4 is 4.90 Å². The average molecular weight is 652 g/mol. The van der Waals surface area contributed by atoms with E-state index >= 15 is 0 Å². The summed E-state index contributed by atoms with van der Waals surface area (Å²) in [5, 5.41) is 4.75. The van der Waals surface area contributed by atoms with E-state index in [4.69, 9.17) is 9.97 Å². The molecule has 11 rings (SSSR count). The van der Waals surface area contributed by atoms with Crippen LogP contribution in [0.4, 0.5) is 17.3 Å². The van der Waals surface area contributed by atoms with E-state index in [1.807, 2.05) is 0 Å². The van der Waals surface area contributed by atoms with E-state index in [0.717, 1.165) is 56.2 Å². The molecule has 5 heteroatoms. The number of hydrogen-bond donors (Lipinski definition) is 0. The van der Waals surface area contributed by atoms with Gasteiger partial charge < -0.3 is 0 Å². The topological polar surface area (TPSA) is 38.9 Å². The van der Waals surface area contributed by atoms with Crippen LogP contribution in [0.3, 0.4) is 0 Å². The Morgan fingerprint density at radius 3 is 1.02 bits per heavy atom. The first-order valence-corrected chi connectivity index (χ1v) is 17.3. The predicted molar refractivity (Wildman–Crippen MR) is 210 cm³/mol. The van der Waals surface area contributed by atoms with Crippen LogP contribution in [0.1, 0.15) is 0 Å². The molecule has 0 saturated carbocycles. The largest absolute Gasteiger partial charge is 0.294 e. The molecule has 5 nitrogen and oxygen atoms in total. The highest BCUT2D eigenvalue weighted by Crippen LogP contribution is 2.50. The Kier molecular flexibility index (Phi) is 5.89. The molecule has 0 aliphatic carbocycles. The molecule has 238 valence electrons. The highest BCUT2D eigenvalue weighted by molar-refractivity contribution is 6.10. The molecular formula is C46H29N5. The number of hydrogen-bond acceptors (Lipinski definition) is 3. The van der Waals surface area contributed by atoms with Crippen LogP contribution in [0.25, 0.3) is 77.5 Å². The molecule has 1 aliphatic heterocycles. The van der Waals surface area contributed by atoms with E-state index in [2.05, 4.69) is 190 Å². The molecular weight excluding hydrogens is 623 g/mol. The van der Waals surface area contributed by atoms with Gasteiger partial charge in [0.2, 0.25) is 5.95 Å². The summed E-state index contributed by atoms with van der Waals surface area (Å²) in [5.41, 5.74) is 11.1. The van der Waals surface area contributed by atoms with Crippen molar-refractivity contribution in [2.45, 2.75) is 0 Å². The van der Waals surface area contributed by atoms with Gasteiger partial charge in [0, 0.05) is 38.7 Å². The SMILES string of the molecule is c1ccc2c(c1)-c1ccccc1N(c1nc(-n3c4ccccc4c4ccccc43)cc(-n3c4ccccc4c4ccccc43)n1)c1ccccc1-2. The van der Waals surface area contributed by atoms with Crippen molar-refractivity contribution >= 4 is 60.9 Å². The number of nitrogens with zero attached hydrogens (tertiary/aromatic N) is 5. The van der Waals surface area contributed by atoms with Crippen molar-refractivity contribution in [2.24, 2.45) is 0 Å². The zero-order valence-electron chi connectivity index (χ0n) is 27.5. The Morgan fingerprint density at radius 2 is 0.627 bits per heavy atom. The number of fused-ring (bicyclic) bond motifs is 11. The van der Waals surface area contributed by atoms with E-state index in [0.29, 0.717) is 5.95 Å². The van der Waals surface area contributed by atoms with E-state index in [1.165, 1.54) is 32.7 Å². The van der Waals surface area contributed by atoms with Crippen molar-refractivity contribution in [3.8, 4) is 33.9 Å². The first-order chi connectivity index (χ1) is 25.3.